The lowest BCUT2D eigenvalue weighted by Crippen LogP contribution is -2.29. The van der Waals surface area contributed by atoms with Crippen LogP contribution in [-0.4, -0.2) is 36.9 Å². The van der Waals surface area contributed by atoms with Crippen molar-refractivity contribution in [1.29, 1.82) is 0 Å². The number of anilines is 1. The molecule has 1 aromatic rings. The van der Waals surface area contributed by atoms with Crippen LogP contribution >= 0.6 is 11.3 Å². The lowest BCUT2D eigenvalue weighted by atomic mass is 10.3. The zero-order valence-corrected chi connectivity index (χ0v) is 10.00. The Balaban J connectivity index is 2.12. The number of carbonyl (C=O) groups is 1. The van der Waals surface area contributed by atoms with Gasteiger partial charge in [0.15, 0.2) is 0 Å². The summed E-state index contributed by atoms with van der Waals surface area (Å²) >= 11 is 1.33. The minimum absolute atomic E-state index is 0.206. The van der Waals surface area contributed by atoms with Gasteiger partial charge in [0.05, 0.1) is 11.1 Å². The summed E-state index contributed by atoms with van der Waals surface area (Å²) < 4.78 is 5.56. The van der Waals surface area contributed by atoms with Gasteiger partial charge in [0.1, 0.15) is 4.88 Å². The minimum atomic E-state index is -0.852. The molecule has 0 aromatic carbocycles. The van der Waals surface area contributed by atoms with Crippen LogP contribution in [0.25, 0.3) is 0 Å². The SMILES string of the molecule is CC1CN(c2ccc(C(=O)O)s2)CCCO1. The summed E-state index contributed by atoms with van der Waals surface area (Å²) in [4.78, 5) is 13.4. The summed E-state index contributed by atoms with van der Waals surface area (Å²) in [5, 5.41) is 9.89. The summed E-state index contributed by atoms with van der Waals surface area (Å²) in [5.74, 6) is -0.852. The van der Waals surface area contributed by atoms with E-state index in [0.29, 0.717) is 4.88 Å². The van der Waals surface area contributed by atoms with E-state index in [-0.39, 0.29) is 6.10 Å². The first-order valence-corrected chi connectivity index (χ1v) is 6.18. The molecule has 1 aliphatic rings. The molecule has 1 atom stereocenters. The highest BCUT2D eigenvalue weighted by Gasteiger charge is 2.17. The molecule has 0 bridgehead atoms. The summed E-state index contributed by atoms with van der Waals surface area (Å²) in [6, 6.07) is 3.55. The molecular formula is C11H15NO3S. The van der Waals surface area contributed by atoms with Gasteiger partial charge < -0.3 is 14.7 Å². The van der Waals surface area contributed by atoms with Gasteiger partial charge in [-0.05, 0) is 25.5 Å². The second-order valence-corrected chi connectivity index (χ2v) is 4.99. The Morgan fingerprint density at radius 1 is 1.62 bits per heavy atom. The molecule has 1 fully saturated rings. The van der Waals surface area contributed by atoms with E-state index in [9.17, 15) is 4.79 Å². The Morgan fingerprint density at radius 2 is 2.44 bits per heavy atom. The fourth-order valence-electron chi connectivity index (χ4n) is 1.81. The fourth-order valence-corrected chi connectivity index (χ4v) is 2.69. The number of aromatic carboxylic acids is 1. The smallest absolute Gasteiger partial charge is 0.345 e. The number of rotatable bonds is 2. The van der Waals surface area contributed by atoms with Crippen LogP contribution in [0.15, 0.2) is 12.1 Å². The molecule has 0 aliphatic carbocycles. The number of hydrogen-bond acceptors (Lipinski definition) is 4. The van der Waals surface area contributed by atoms with Crippen LogP contribution in [0.4, 0.5) is 5.00 Å². The molecule has 4 nitrogen and oxygen atoms in total. The fraction of sp³-hybridized carbons (Fsp3) is 0.545. The first-order valence-electron chi connectivity index (χ1n) is 5.36. The molecule has 0 saturated carbocycles. The molecule has 16 heavy (non-hydrogen) atoms. The number of hydrogen-bond donors (Lipinski definition) is 1. The molecule has 0 amide bonds. The van der Waals surface area contributed by atoms with Crippen molar-refractivity contribution in [3.05, 3.63) is 17.0 Å². The Labute approximate surface area is 98.4 Å². The summed E-state index contributed by atoms with van der Waals surface area (Å²) in [6.07, 6.45) is 1.20. The van der Waals surface area contributed by atoms with E-state index in [2.05, 4.69) is 4.90 Å². The van der Waals surface area contributed by atoms with Crippen LogP contribution in [0.5, 0.6) is 0 Å². The second-order valence-electron chi connectivity index (χ2n) is 3.92. The monoisotopic (exact) mass is 241 g/mol. The predicted molar refractivity (Wildman–Crippen MR) is 63.5 cm³/mol. The molecular weight excluding hydrogens is 226 g/mol. The zero-order valence-electron chi connectivity index (χ0n) is 9.18. The Bertz CT molecular complexity index is 377. The molecule has 5 heteroatoms. The Kier molecular flexibility index (Phi) is 3.46. The highest BCUT2D eigenvalue weighted by molar-refractivity contribution is 7.17. The normalized spacial score (nSPS) is 21.8. The molecule has 88 valence electrons. The number of nitrogens with zero attached hydrogens (tertiary/aromatic N) is 1. The van der Waals surface area contributed by atoms with Gasteiger partial charge >= 0.3 is 5.97 Å². The first kappa shape index (κ1) is 11.4. The maximum atomic E-state index is 10.8. The Morgan fingerprint density at radius 3 is 3.12 bits per heavy atom. The average Bonchev–Trinajstić information content (AvgIpc) is 2.63. The molecule has 2 heterocycles. The number of carboxylic acid groups (broad SMARTS) is 1. The van der Waals surface area contributed by atoms with E-state index in [0.717, 1.165) is 31.1 Å². The maximum absolute atomic E-state index is 10.8. The van der Waals surface area contributed by atoms with Crippen molar-refractivity contribution < 1.29 is 14.6 Å². The van der Waals surface area contributed by atoms with Crippen molar-refractivity contribution in [3.8, 4) is 0 Å². The highest BCUT2D eigenvalue weighted by Crippen LogP contribution is 2.27. The molecule has 0 spiro atoms. The third-order valence-corrected chi connectivity index (χ3v) is 3.70. The van der Waals surface area contributed by atoms with Crippen molar-refractivity contribution in [3.63, 3.8) is 0 Å². The lowest BCUT2D eigenvalue weighted by molar-refractivity contribution is 0.0702. The summed E-state index contributed by atoms with van der Waals surface area (Å²) in [5.41, 5.74) is 0. The molecule has 1 aliphatic heterocycles. The quantitative estimate of drug-likeness (QED) is 0.861. The van der Waals surface area contributed by atoms with Gasteiger partial charge in [-0.3, -0.25) is 0 Å². The highest BCUT2D eigenvalue weighted by atomic mass is 32.1. The molecule has 1 N–H and O–H groups in total. The number of carboxylic acids is 1. The lowest BCUT2D eigenvalue weighted by Gasteiger charge is -2.22. The predicted octanol–water partition coefficient (Wildman–Crippen LogP) is 2.06. The van der Waals surface area contributed by atoms with Gasteiger partial charge in [-0.2, -0.15) is 0 Å². The van der Waals surface area contributed by atoms with E-state index >= 15 is 0 Å². The van der Waals surface area contributed by atoms with Crippen molar-refractivity contribution in [2.45, 2.75) is 19.4 Å². The third-order valence-electron chi connectivity index (χ3n) is 2.57. The molecule has 0 radical (unpaired) electrons. The van der Waals surface area contributed by atoms with Crippen LogP contribution in [0.2, 0.25) is 0 Å². The molecule has 2 rings (SSSR count). The zero-order chi connectivity index (χ0) is 11.5. The van der Waals surface area contributed by atoms with Gasteiger partial charge in [-0.1, -0.05) is 0 Å². The van der Waals surface area contributed by atoms with Crippen molar-refractivity contribution in [2.24, 2.45) is 0 Å². The van der Waals surface area contributed by atoms with Crippen LogP contribution in [-0.2, 0) is 4.74 Å². The van der Waals surface area contributed by atoms with Gasteiger partial charge in [0.2, 0.25) is 0 Å². The average molecular weight is 241 g/mol. The maximum Gasteiger partial charge on any atom is 0.345 e. The van der Waals surface area contributed by atoms with Crippen molar-refractivity contribution in [2.75, 3.05) is 24.6 Å². The van der Waals surface area contributed by atoms with E-state index in [1.807, 2.05) is 13.0 Å². The largest absolute Gasteiger partial charge is 0.477 e. The van der Waals surface area contributed by atoms with Gasteiger partial charge in [-0.15, -0.1) is 11.3 Å². The van der Waals surface area contributed by atoms with Crippen LogP contribution in [0.3, 0.4) is 0 Å². The van der Waals surface area contributed by atoms with E-state index in [1.54, 1.807) is 6.07 Å². The number of thiophene rings is 1. The van der Waals surface area contributed by atoms with Crippen molar-refractivity contribution >= 4 is 22.3 Å². The van der Waals surface area contributed by atoms with Gasteiger partial charge in [-0.25, -0.2) is 4.79 Å². The first-order chi connectivity index (χ1) is 7.66. The molecule has 1 aromatic heterocycles. The van der Waals surface area contributed by atoms with E-state index in [1.165, 1.54) is 11.3 Å². The third kappa shape index (κ3) is 2.54. The van der Waals surface area contributed by atoms with Crippen LogP contribution in [0, 0.1) is 0 Å². The topological polar surface area (TPSA) is 49.8 Å². The second kappa shape index (κ2) is 4.84. The summed E-state index contributed by atoms with van der Waals surface area (Å²) in [6.45, 7) is 4.60. The van der Waals surface area contributed by atoms with Gasteiger partial charge in [0, 0.05) is 19.7 Å². The summed E-state index contributed by atoms with van der Waals surface area (Å²) in [7, 11) is 0. The van der Waals surface area contributed by atoms with Crippen LogP contribution in [0.1, 0.15) is 23.0 Å². The number of ether oxygens (including phenoxy) is 1. The van der Waals surface area contributed by atoms with Crippen molar-refractivity contribution in [1.82, 2.24) is 0 Å². The molecule has 1 unspecified atom stereocenters. The Hall–Kier alpha value is -1.07. The van der Waals surface area contributed by atoms with E-state index in [4.69, 9.17) is 9.84 Å². The standard InChI is InChI=1S/C11H15NO3S/c1-8-7-12(5-2-6-15-8)10-4-3-9(16-10)11(13)14/h3-4,8H,2,5-7H2,1H3,(H,13,14). The molecule has 1 saturated heterocycles. The van der Waals surface area contributed by atoms with Gasteiger partial charge in [0.25, 0.3) is 0 Å². The van der Waals surface area contributed by atoms with E-state index < -0.39 is 5.97 Å². The minimum Gasteiger partial charge on any atom is -0.477 e. The van der Waals surface area contributed by atoms with Crippen LogP contribution < -0.4 is 4.90 Å².